The Hall–Kier alpha value is -0.350. The van der Waals surface area contributed by atoms with Gasteiger partial charge in [-0.25, -0.2) is 0 Å². The van der Waals surface area contributed by atoms with Gasteiger partial charge in [-0.05, 0) is 44.4 Å². The predicted molar refractivity (Wildman–Crippen MR) is 209 cm³/mol. The van der Waals surface area contributed by atoms with Crippen molar-refractivity contribution in [3.8, 4) is 0 Å². The molecule has 7 N–H and O–H groups in total. The highest BCUT2D eigenvalue weighted by atomic mass is 32.1. The molecule has 1 aliphatic carbocycles. The molecule has 0 aromatic heterocycles. The Morgan fingerprint density at radius 3 is 1.43 bits per heavy atom. The SMILES string of the molecule is CCCCCCCCCCCCCCCCCCCCCCCCCC(=S)NC(CCC1CC(CO)C(O)C(O)C1O)C(O)CC(O)CC. The van der Waals surface area contributed by atoms with E-state index >= 15 is 0 Å². The summed E-state index contributed by atoms with van der Waals surface area (Å²) in [6.07, 6.45) is 29.4. The molecular weight excluding hydrogens is 635 g/mol. The first-order chi connectivity index (χ1) is 23.7. The van der Waals surface area contributed by atoms with Crippen molar-refractivity contribution < 1.29 is 30.6 Å². The van der Waals surface area contributed by atoms with Crippen LogP contribution in [0.1, 0.15) is 200 Å². The Labute approximate surface area is 307 Å². The molecule has 1 aliphatic rings. The molecule has 0 heterocycles. The first kappa shape index (κ1) is 46.7. The van der Waals surface area contributed by atoms with Crippen LogP contribution in [-0.4, -0.2) is 78.8 Å². The van der Waals surface area contributed by atoms with E-state index in [4.69, 9.17) is 12.2 Å². The van der Waals surface area contributed by atoms with E-state index in [1.807, 2.05) is 6.92 Å². The van der Waals surface area contributed by atoms with E-state index in [9.17, 15) is 30.6 Å². The summed E-state index contributed by atoms with van der Waals surface area (Å²) in [7, 11) is 0. The van der Waals surface area contributed by atoms with Gasteiger partial charge < -0.3 is 36.0 Å². The van der Waals surface area contributed by atoms with Gasteiger partial charge in [-0.15, -0.1) is 0 Å². The van der Waals surface area contributed by atoms with E-state index < -0.39 is 36.4 Å². The Balaban J connectivity index is 2.09. The normalized spacial score (nSPS) is 23.0. The van der Waals surface area contributed by atoms with E-state index in [1.165, 1.54) is 135 Å². The summed E-state index contributed by atoms with van der Waals surface area (Å²) in [5.74, 6) is -0.790. The highest BCUT2D eigenvalue weighted by molar-refractivity contribution is 7.80. The standard InChI is InChI=1S/C41H81NO6S/c1-3-5-6-7-8-9-10-11-12-13-14-15-16-17-18-19-20-21-22-23-24-25-26-27-38(49)42-36(37(45)31-35(44)4-2)29-28-33-30-34(32-43)40(47)41(48)39(33)46/h33-37,39-41,43-48H,3-32H2,1-2H3,(H,42,49). The quantitative estimate of drug-likeness (QED) is 0.0265. The van der Waals surface area contributed by atoms with Crippen molar-refractivity contribution in [2.45, 2.75) is 237 Å². The Bertz CT molecular complexity index is 758. The Morgan fingerprint density at radius 2 is 1.02 bits per heavy atom. The third-order valence-electron chi connectivity index (χ3n) is 11.2. The second-order valence-electron chi connectivity index (χ2n) is 15.6. The van der Waals surface area contributed by atoms with Gasteiger partial charge in [0, 0.05) is 18.9 Å². The summed E-state index contributed by atoms with van der Waals surface area (Å²) in [6, 6.07) is -0.373. The summed E-state index contributed by atoms with van der Waals surface area (Å²) in [6.45, 7) is 3.92. The molecule has 7 nitrogen and oxygen atoms in total. The van der Waals surface area contributed by atoms with Crippen LogP contribution in [0.2, 0.25) is 0 Å². The lowest BCUT2D eigenvalue weighted by Gasteiger charge is -2.40. The van der Waals surface area contributed by atoms with Gasteiger partial charge in [0.2, 0.25) is 0 Å². The monoisotopic (exact) mass is 716 g/mol. The largest absolute Gasteiger partial charge is 0.396 e. The zero-order valence-electron chi connectivity index (χ0n) is 31.9. The Kier molecular flexibility index (Phi) is 29.7. The van der Waals surface area contributed by atoms with Gasteiger partial charge in [0.1, 0.15) is 6.10 Å². The van der Waals surface area contributed by atoms with Gasteiger partial charge in [0.15, 0.2) is 0 Å². The van der Waals surface area contributed by atoms with Crippen LogP contribution >= 0.6 is 12.2 Å². The molecule has 8 atom stereocenters. The van der Waals surface area contributed by atoms with E-state index in [0.29, 0.717) is 30.7 Å². The summed E-state index contributed by atoms with van der Waals surface area (Å²) in [5.41, 5.74) is 0. The van der Waals surface area contributed by atoms with Crippen molar-refractivity contribution in [2.75, 3.05) is 6.61 Å². The van der Waals surface area contributed by atoms with E-state index in [2.05, 4.69) is 12.2 Å². The number of aliphatic hydroxyl groups is 6. The smallest absolute Gasteiger partial charge is 0.106 e. The van der Waals surface area contributed by atoms with Crippen molar-refractivity contribution in [2.24, 2.45) is 11.8 Å². The van der Waals surface area contributed by atoms with Crippen LogP contribution < -0.4 is 5.32 Å². The minimum atomic E-state index is -1.30. The molecule has 0 aromatic rings. The first-order valence-corrected chi connectivity index (χ1v) is 21.5. The summed E-state index contributed by atoms with van der Waals surface area (Å²) < 4.78 is 0. The minimum Gasteiger partial charge on any atom is -0.396 e. The van der Waals surface area contributed by atoms with Gasteiger partial charge in [-0.1, -0.05) is 167 Å². The molecule has 1 fully saturated rings. The molecule has 0 bridgehead atoms. The summed E-state index contributed by atoms with van der Waals surface area (Å²) >= 11 is 5.65. The summed E-state index contributed by atoms with van der Waals surface area (Å²) in [5, 5.41) is 65.0. The van der Waals surface area contributed by atoms with Crippen LogP contribution in [0.4, 0.5) is 0 Å². The van der Waals surface area contributed by atoms with Crippen molar-refractivity contribution in [1.82, 2.24) is 5.32 Å². The number of hydrogen-bond acceptors (Lipinski definition) is 7. The van der Waals surface area contributed by atoms with Crippen LogP contribution in [0, 0.1) is 11.8 Å². The fourth-order valence-corrected chi connectivity index (χ4v) is 7.91. The van der Waals surface area contributed by atoms with Crippen molar-refractivity contribution >= 4 is 17.2 Å². The number of unbranched alkanes of at least 4 members (excludes halogenated alkanes) is 22. The van der Waals surface area contributed by atoms with Crippen LogP contribution in [0.25, 0.3) is 0 Å². The van der Waals surface area contributed by atoms with E-state index in [-0.39, 0.29) is 25.0 Å². The second-order valence-corrected chi connectivity index (χ2v) is 16.0. The maximum absolute atomic E-state index is 10.9. The van der Waals surface area contributed by atoms with Crippen LogP contribution in [-0.2, 0) is 0 Å². The highest BCUT2D eigenvalue weighted by Gasteiger charge is 2.42. The number of rotatable bonds is 33. The van der Waals surface area contributed by atoms with Crippen LogP contribution in [0.15, 0.2) is 0 Å². The lowest BCUT2D eigenvalue weighted by Crippen LogP contribution is -2.52. The topological polar surface area (TPSA) is 133 Å². The zero-order valence-corrected chi connectivity index (χ0v) is 32.7. The number of aliphatic hydroxyl groups excluding tert-OH is 6. The maximum atomic E-state index is 10.9. The van der Waals surface area contributed by atoms with Gasteiger partial charge in [0.25, 0.3) is 0 Å². The van der Waals surface area contributed by atoms with E-state index in [1.54, 1.807) is 0 Å². The average molecular weight is 716 g/mol. The van der Waals surface area contributed by atoms with Crippen molar-refractivity contribution in [1.29, 1.82) is 0 Å². The average Bonchev–Trinajstić information content (AvgIpc) is 3.09. The number of hydrogen-bond donors (Lipinski definition) is 7. The van der Waals surface area contributed by atoms with Gasteiger partial charge >= 0.3 is 0 Å². The molecule has 0 saturated heterocycles. The lowest BCUT2D eigenvalue weighted by atomic mass is 9.73. The number of nitrogens with one attached hydrogen (secondary N) is 1. The Morgan fingerprint density at radius 1 is 0.612 bits per heavy atom. The molecule has 8 unspecified atom stereocenters. The molecule has 0 spiro atoms. The van der Waals surface area contributed by atoms with Crippen LogP contribution in [0.3, 0.4) is 0 Å². The third-order valence-corrected chi connectivity index (χ3v) is 11.5. The maximum Gasteiger partial charge on any atom is 0.106 e. The molecular formula is C41H81NO6S. The van der Waals surface area contributed by atoms with Crippen molar-refractivity contribution in [3.63, 3.8) is 0 Å². The molecule has 0 radical (unpaired) electrons. The van der Waals surface area contributed by atoms with E-state index in [0.717, 1.165) is 19.3 Å². The first-order valence-electron chi connectivity index (χ1n) is 21.1. The number of thiocarbonyl (C=S) groups is 1. The van der Waals surface area contributed by atoms with Gasteiger partial charge in [-0.3, -0.25) is 0 Å². The second kappa shape index (κ2) is 31.2. The molecule has 0 aliphatic heterocycles. The molecule has 0 amide bonds. The van der Waals surface area contributed by atoms with Gasteiger partial charge in [-0.2, -0.15) is 0 Å². The predicted octanol–water partition coefficient (Wildman–Crippen LogP) is 8.67. The molecule has 292 valence electrons. The van der Waals surface area contributed by atoms with Crippen LogP contribution in [0.5, 0.6) is 0 Å². The molecule has 8 heteroatoms. The minimum absolute atomic E-state index is 0.240. The van der Waals surface area contributed by atoms with Crippen molar-refractivity contribution in [3.05, 3.63) is 0 Å². The third kappa shape index (κ3) is 23.0. The van der Waals surface area contributed by atoms with Gasteiger partial charge in [0.05, 0.1) is 35.4 Å². The summed E-state index contributed by atoms with van der Waals surface area (Å²) in [4.78, 5) is 0.714. The zero-order chi connectivity index (χ0) is 36.1. The fraction of sp³-hybridized carbons (Fsp3) is 0.976. The fourth-order valence-electron chi connectivity index (χ4n) is 7.61. The molecule has 0 aromatic carbocycles. The molecule has 1 rings (SSSR count). The highest BCUT2D eigenvalue weighted by Crippen LogP contribution is 2.33. The molecule has 1 saturated carbocycles. The lowest BCUT2D eigenvalue weighted by molar-refractivity contribution is -0.143. The molecule has 49 heavy (non-hydrogen) atoms.